The van der Waals surface area contributed by atoms with E-state index in [9.17, 15) is 14.9 Å². The molecule has 0 bridgehead atoms. The van der Waals surface area contributed by atoms with Crippen molar-refractivity contribution in [3.63, 3.8) is 0 Å². The summed E-state index contributed by atoms with van der Waals surface area (Å²) < 4.78 is 0. The fraction of sp³-hybridized carbons (Fsp3) is 0.0909. The normalized spacial score (nSPS) is 10.3. The Morgan fingerprint density at radius 3 is 2.70 bits per heavy atom. The highest BCUT2D eigenvalue weighted by atomic mass is 35.5. The number of thiazole rings is 1. The van der Waals surface area contributed by atoms with Gasteiger partial charge in [0.1, 0.15) is 0 Å². The van der Waals surface area contributed by atoms with E-state index in [0.29, 0.717) is 5.13 Å². The predicted octanol–water partition coefficient (Wildman–Crippen LogP) is 3.92. The monoisotopic (exact) mass is 331 g/mol. The Balaban J connectivity index is 2.36. The van der Waals surface area contributed by atoms with Crippen LogP contribution in [-0.4, -0.2) is 15.8 Å². The summed E-state index contributed by atoms with van der Waals surface area (Å²) in [5, 5.41) is 15.3. The van der Waals surface area contributed by atoms with E-state index in [-0.39, 0.29) is 21.3 Å². The van der Waals surface area contributed by atoms with E-state index in [2.05, 4.69) is 10.3 Å². The Hall–Kier alpha value is -1.70. The van der Waals surface area contributed by atoms with Crippen LogP contribution in [0.15, 0.2) is 17.5 Å². The SMILES string of the molecule is Cc1csc(NC(=O)c2cc([N+](=O)[O-])cc(Cl)c2Cl)n1. The highest BCUT2D eigenvalue weighted by molar-refractivity contribution is 7.13. The van der Waals surface area contributed by atoms with Crippen LogP contribution in [0.25, 0.3) is 0 Å². The number of carbonyl (C=O) groups excluding carboxylic acids is 1. The maximum absolute atomic E-state index is 12.1. The van der Waals surface area contributed by atoms with E-state index in [1.807, 2.05) is 0 Å². The van der Waals surface area contributed by atoms with Gasteiger partial charge in [-0.3, -0.25) is 20.2 Å². The minimum Gasteiger partial charge on any atom is -0.298 e. The number of benzene rings is 1. The summed E-state index contributed by atoms with van der Waals surface area (Å²) in [6.45, 7) is 1.78. The molecule has 0 saturated heterocycles. The molecule has 2 aromatic rings. The molecule has 1 aromatic carbocycles. The average Bonchev–Trinajstić information content (AvgIpc) is 2.77. The van der Waals surface area contributed by atoms with Gasteiger partial charge in [0.25, 0.3) is 11.6 Å². The third kappa shape index (κ3) is 3.06. The third-order valence-electron chi connectivity index (χ3n) is 2.31. The molecule has 2 rings (SSSR count). The van der Waals surface area contributed by atoms with E-state index in [0.717, 1.165) is 17.8 Å². The minimum absolute atomic E-state index is 0.0388. The Labute approximate surface area is 127 Å². The zero-order valence-corrected chi connectivity index (χ0v) is 12.3. The first-order chi connectivity index (χ1) is 9.38. The highest BCUT2D eigenvalue weighted by Gasteiger charge is 2.20. The molecule has 0 saturated carbocycles. The Kier molecular flexibility index (Phi) is 4.22. The van der Waals surface area contributed by atoms with Crippen molar-refractivity contribution in [3.8, 4) is 0 Å². The van der Waals surface area contributed by atoms with Gasteiger partial charge >= 0.3 is 0 Å². The number of nitro groups is 1. The number of nitro benzene ring substituents is 1. The van der Waals surface area contributed by atoms with E-state index >= 15 is 0 Å². The average molecular weight is 332 g/mol. The third-order valence-corrected chi connectivity index (χ3v) is 3.99. The van der Waals surface area contributed by atoms with Crippen molar-refractivity contribution in [2.75, 3.05) is 5.32 Å². The summed E-state index contributed by atoms with van der Waals surface area (Å²) in [5.74, 6) is -0.602. The number of non-ortho nitro benzene ring substituents is 1. The number of hydrogen-bond acceptors (Lipinski definition) is 5. The van der Waals surface area contributed by atoms with Gasteiger partial charge < -0.3 is 0 Å². The fourth-order valence-corrected chi connectivity index (χ4v) is 2.51. The maximum atomic E-state index is 12.1. The zero-order valence-electron chi connectivity index (χ0n) is 10.0. The fourth-order valence-electron chi connectivity index (χ4n) is 1.42. The van der Waals surface area contributed by atoms with Crippen molar-refractivity contribution < 1.29 is 9.72 Å². The first-order valence-electron chi connectivity index (χ1n) is 5.25. The van der Waals surface area contributed by atoms with Gasteiger partial charge in [-0.15, -0.1) is 11.3 Å². The molecular weight excluding hydrogens is 325 g/mol. The highest BCUT2D eigenvalue weighted by Crippen LogP contribution is 2.31. The lowest BCUT2D eigenvalue weighted by Gasteiger charge is -2.05. The summed E-state index contributed by atoms with van der Waals surface area (Å²) in [6, 6.07) is 2.16. The molecule has 0 aliphatic rings. The number of carbonyl (C=O) groups is 1. The van der Waals surface area contributed by atoms with Crippen molar-refractivity contribution in [2.24, 2.45) is 0 Å². The van der Waals surface area contributed by atoms with Crippen LogP contribution in [0.4, 0.5) is 10.8 Å². The first kappa shape index (κ1) is 14.7. The number of halogens is 2. The van der Waals surface area contributed by atoms with Crippen LogP contribution >= 0.6 is 34.5 Å². The number of nitrogens with zero attached hydrogens (tertiary/aromatic N) is 2. The van der Waals surface area contributed by atoms with Gasteiger partial charge in [-0.25, -0.2) is 4.98 Å². The number of nitrogens with one attached hydrogen (secondary N) is 1. The van der Waals surface area contributed by atoms with Crippen molar-refractivity contribution in [1.29, 1.82) is 0 Å². The molecule has 0 spiro atoms. The van der Waals surface area contributed by atoms with Crippen LogP contribution in [-0.2, 0) is 0 Å². The second kappa shape index (κ2) is 5.74. The Bertz CT molecular complexity index is 702. The number of hydrogen-bond donors (Lipinski definition) is 1. The van der Waals surface area contributed by atoms with Crippen LogP contribution in [0.1, 0.15) is 16.1 Å². The molecule has 1 aromatic heterocycles. The lowest BCUT2D eigenvalue weighted by atomic mass is 10.2. The maximum Gasteiger partial charge on any atom is 0.271 e. The van der Waals surface area contributed by atoms with Crippen LogP contribution < -0.4 is 5.32 Å². The number of amides is 1. The van der Waals surface area contributed by atoms with E-state index in [1.54, 1.807) is 12.3 Å². The lowest BCUT2D eigenvalue weighted by Crippen LogP contribution is -2.13. The van der Waals surface area contributed by atoms with Crippen LogP contribution in [0, 0.1) is 17.0 Å². The smallest absolute Gasteiger partial charge is 0.271 e. The first-order valence-corrected chi connectivity index (χ1v) is 6.89. The predicted molar refractivity (Wildman–Crippen MR) is 77.9 cm³/mol. The summed E-state index contributed by atoms with van der Waals surface area (Å²) in [5.41, 5.74) is 0.382. The number of anilines is 1. The van der Waals surface area contributed by atoms with Gasteiger partial charge in [0, 0.05) is 17.5 Å². The Morgan fingerprint density at radius 2 is 2.15 bits per heavy atom. The molecule has 104 valence electrons. The molecule has 0 fully saturated rings. The van der Waals surface area contributed by atoms with Gasteiger partial charge in [0.2, 0.25) is 0 Å². The molecule has 6 nitrogen and oxygen atoms in total. The number of aromatic nitrogens is 1. The van der Waals surface area contributed by atoms with Crippen molar-refractivity contribution in [3.05, 3.63) is 48.9 Å². The largest absolute Gasteiger partial charge is 0.298 e. The molecular formula is C11H7Cl2N3O3S. The minimum atomic E-state index is -0.646. The van der Waals surface area contributed by atoms with Crippen LogP contribution in [0.3, 0.4) is 0 Å². The van der Waals surface area contributed by atoms with Gasteiger partial charge in [0.15, 0.2) is 5.13 Å². The van der Waals surface area contributed by atoms with E-state index in [4.69, 9.17) is 23.2 Å². The molecule has 20 heavy (non-hydrogen) atoms. The zero-order chi connectivity index (χ0) is 14.9. The summed E-state index contributed by atoms with van der Waals surface area (Å²) in [7, 11) is 0. The molecule has 9 heteroatoms. The molecule has 0 radical (unpaired) electrons. The van der Waals surface area contributed by atoms with Crippen molar-refractivity contribution >= 4 is 51.3 Å². The topological polar surface area (TPSA) is 85.1 Å². The summed E-state index contributed by atoms with van der Waals surface area (Å²) in [4.78, 5) is 26.2. The van der Waals surface area contributed by atoms with Gasteiger partial charge in [-0.05, 0) is 6.92 Å². The van der Waals surface area contributed by atoms with Crippen LogP contribution in [0.2, 0.25) is 10.0 Å². The summed E-state index contributed by atoms with van der Waals surface area (Å²) >= 11 is 12.9. The number of rotatable bonds is 3. The summed E-state index contributed by atoms with van der Waals surface area (Å²) in [6.07, 6.45) is 0. The molecule has 1 heterocycles. The van der Waals surface area contributed by atoms with E-state index in [1.165, 1.54) is 11.3 Å². The van der Waals surface area contributed by atoms with Gasteiger partial charge in [0.05, 0.1) is 26.2 Å². The molecule has 0 unspecified atom stereocenters. The molecule has 0 atom stereocenters. The van der Waals surface area contributed by atoms with Gasteiger partial charge in [-0.1, -0.05) is 23.2 Å². The molecule has 0 aliphatic carbocycles. The van der Waals surface area contributed by atoms with E-state index < -0.39 is 10.8 Å². The standard InChI is InChI=1S/C11H7Cl2N3O3S/c1-5-4-20-11(14-5)15-10(17)7-2-6(16(18)19)3-8(12)9(7)13/h2-4H,1H3,(H,14,15,17). The second-order valence-electron chi connectivity index (χ2n) is 3.79. The van der Waals surface area contributed by atoms with Crippen molar-refractivity contribution in [2.45, 2.75) is 6.92 Å². The molecule has 0 aliphatic heterocycles. The lowest BCUT2D eigenvalue weighted by molar-refractivity contribution is -0.384. The van der Waals surface area contributed by atoms with Crippen molar-refractivity contribution in [1.82, 2.24) is 4.98 Å². The Morgan fingerprint density at radius 1 is 1.45 bits per heavy atom. The van der Waals surface area contributed by atoms with Gasteiger partial charge in [-0.2, -0.15) is 0 Å². The van der Waals surface area contributed by atoms with Crippen LogP contribution in [0.5, 0.6) is 0 Å². The second-order valence-corrected chi connectivity index (χ2v) is 5.44. The molecule has 1 N–H and O–H groups in total. The molecule has 1 amide bonds. The number of aryl methyl sites for hydroxylation is 1. The quantitative estimate of drug-likeness (QED) is 0.682.